The predicted octanol–water partition coefficient (Wildman–Crippen LogP) is 5.92. The highest BCUT2D eigenvalue weighted by atomic mass is 35.5. The number of halogens is 3. The number of amides is 2. The Kier molecular flexibility index (Phi) is 12.0. The summed E-state index contributed by atoms with van der Waals surface area (Å²) in [6.45, 7) is 5.84. The first-order chi connectivity index (χ1) is 17.4. The average molecular weight is 591 g/mol. The predicted molar refractivity (Wildman–Crippen MR) is 152 cm³/mol. The van der Waals surface area contributed by atoms with Crippen LogP contribution in [-0.2, 0) is 26.2 Å². The van der Waals surface area contributed by atoms with Gasteiger partial charge < -0.3 is 10.2 Å². The molecule has 2 unspecified atom stereocenters. The first-order valence-corrected chi connectivity index (χ1v) is 15.1. The minimum Gasteiger partial charge on any atom is -0.352 e. The molecule has 0 radical (unpaired) electrons. The summed E-state index contributed by atoms with van der Waals surface area (Å²) in [5.41, 5.74) is 1.01. The molecule has 2 aromatic carbocycles. The van der Waals surface area contributed by atoms with Crippen LogP contribution in [0.4, 0.5) is 5.69 Å². The van der Waals surface area contributed by atoms with Gasteiger partial charge in [0.15, 0.2) is 0 Å². The van der Waals surface area contributed by atoms with Gasteiger partial charge in [-0.1, -0.05) is 54.7 Å². The summed E-state index contributed by atoms with van der Waals surface area (Å²) >= 11 is 18.7. The van der Waals surface area contributed by atoms with E-state index in [1.807, 2.05) is 20.8 Å². The van der Waals surface area contributed by atoms with Crippen LogP contribution >= 0.6 is 34.8 Å². The standard InChI is InChI=1S/C26H34Cl3N3O4S/c1-5-18(3)30-26(34)24(6-2)31(17-21-22(28)9-7-10-23(21)29)25(33)11-8-16-32(37(4,35)36)20-14-12-19(27)13-15-20/h7,9-10,12-15,18,24H,5-6,8,11,16-17H2,1-4H3,(H,30,34). The van der Waals surface area contributed by atoms with Crippen molar-refractivity contribution in [1.82, 2.24) is 10.2 Å². The maximum atomic E-state index is 13.5. The zero-order valence-corrected chi connectivity index (χ0v) is 24.6. The fourth-order valence-electron chi connectivity index (χ4n) is 3.83. The molecule has 204 valence electrons. The van der Waals surface area contributed by atoms with Crippen molar-refractivity contribution in [2.24, 2.45) is 0 Å². The van der Waals surface area contributed by atoms with Gasteiger partial charge in [0, 0.05) is 46.2 Å². The summed E-state index contributed by atoms with van der Waals surface area (Å²) in [7, 11) is -3.59. The molecule has 11 heteroatoms. The van der Waals surface area contributed by atoms with Gasteiger partial charge in [-0.05, 0) is 62.6 Å². The Labute approximate surface area is 235 Å². The Morgan fingerprint density at radius 3 is 2.08 bits per heavy atom. The number of anilines is 1. The Morgan fingerprint density at radius 1 is 0.973 bits per heavy atom. The van der Waals surface area contributed by atoms with Gasteiger partial charge >= 0.3 is 0 Å². The maximum Gasteiger partial charge on any atom is 0.243 e. The lowest BCUT2D eigenvalue weighted by atomic mass is 10.1. The van der Waals surface area contributed by atoms with E-state index in [2.05, 4.69) is 5.32 Å². The van der Waals surface area contributed by atoms with Gasteiger partial charge in [-0.25, -0.2) is 8.42 Å². The van der Waals surface area contributed by atoms with E-state index in [-0.39, 0.29) is 43.8 Å². The lowest BCUT2D eigenvalue weighted by molar-refractivity contribution is -0.141. The molecule has 0 spiro atoms. The van der Waals surface area contributed by atoms with Crippen molar-refractivity contribution < 1.29 is 18.0 Å². The third-order valence-corrected chi connectivity index (χ3v) is 8.20. The Morgan fingerprint density at radius 2 is 1.57 bits per heavy atom. The molecular formula is C26H34Cl3N3O4S. The number of carbonyl (C=O) groups excluding carboxylic acids is 2. The van der Waals surface area contributed by atoms with Gasteiger partial charge in [0.1, 0.15) is 6.04 Å². The largest absolute Gasteiger partial charge is 0.352 e. The van der Waals surface area contributed by atoms with E-state index < -0.39 is 16.1 Å². The Bertz CT molecular complexity index is 1160. The number of nitrogens with one attached hydrogen (secondary N) is 1. The van der Waals surface area contributed by atoms with E-state index in [4.69, 9.17) is 34.8 Å². The molecule has 0 aliphatic carbocycles. The van der Waals surface area contributed by atoms with Crippen molar-refractivity contribution >= 4 is 62.3 Å². The lowest BCUT2D eigenvalue weighted by Crippen LogP contribution is -2.50. The van der Waals surface area contributed by atoms with Crippen molar-refractivity contribution in [2.45, 2.75) is 65.1 Å². The Hall–Kier alpha value is -2.00. The highest BCUT2D eigenvalue weighted by Crippen LogP contribution is 2.28. The maximum absolute atomic E-state index is 13.5. The van der Waals surface area contributed by atoms with E-state index in [1.54, 1.807) is 42.5 Å². The van der Waals surface area contributed by atoms with Crippen LogP contribution in [0.15, 0.2) is 42.5 Å². The molecule has 1 N–H and O–H groups in total. The molecule has 2 atom stereocenters. The number of hydrogen-bond acceptors (Lipinski definition) is 4. The number of carbonyl (C=O) groups is 2. The van der Waals surface area contributed by atoms with Crippen LogP contribution < -0.4 is 9.62 Å². The van der Waals surface area contributed by atoms with Crippen molar-refractivity contribution in [1.29, 1.82) is 0 Å². The second-order valence-electron chi connectivity index (χ2n) is 8.88. The summed E-state index contributed by atoms with van der Waals surface area (Å²) in [4.78, 5) is 28.1. The van der Waals surface area contributed by atoms with Crippen LogP contribution in [0.1, 0.15) is 52.0 Å². The minimum atomic E-state index is -3.59. The highest BCUT2D eigenvalue weighted by molar-refractivity contribution is 7.92. The second kappa shape index (κ2) is 14.2. The monoisotopic (exact) mass is 589 g/mol. The summed E-state index contributed by atoms with van der Waals surface area (Å²) in [5, 5.41) is 4.24. The highest BCUT2D eigenvalue weighted by Gasteiger charge is 2.30. The lowest BCUT2D eigenvalue weighted by Gasteiger charge is -2.32. The van der Waals surface area contributed by atoms with E-state index in [9.17, 15) is 18.0 Å². The first-order valence-electron chi connectivity index (χ1n) is 12.1. The van der Waals surface area contributed by atoms with E-state index in [0.717, 1.165) is 12.7 Å². The zero-order valence-electron chi connectivity index (χ0n) is 21.5. The number of benzene rings is 2. The number of hydrogen-bond donors (Lipinski definition) is 1. The van der Waals surface area contributed by atoms with Crippen LogP contribution in [0.5, 0.6) is 0 Å². The summed E-state index contributed by atoms with van der Waals surface area (Å²) in [6, 6.07) is 10.7. The third-order valence-electron chi connectivity index (χ3n) is 6.04. The third kappa shape index (κ3) is 9.06. The molecule has 7 nitrogen and oxygen atoms in total. The normalized spacial score (nSPS) is 13.1. The first kappa shape index (κ1) is 31.2. The molecular weight excluding hydrogens is 557 g/mol. The van der Waals surface area contributed by atoms with Crippen LogP contribution in [0, 0.1) is 0 Å². The van der Waals surface area contributed by atoms with Crippen LogP contribution in [0.2, 0.25) is 15.1 Å². The topological polar surface area (TPSA) is 86.8 Å². The van der Waals surface area contributed by atoms with Gasteiger partial charge in [0.2, 0.25) is 21.8 Å². The number of rotatable bonds is 13. The minimum absolute atomic E-state index is 0.0226. The second-order valence-corrected chi connectivity index (χ2v) is 12.0. The molecule has 0 aliphatic heterocycles. The van der Waals surface area contributed by atoms with Gasteiger partial charge in [-0.2, -0.15) is 0 Å². The van der Waals surface area contributed by atoms with Crippen molar-refractivity contribution in [3.8, 4) is 0 Å². The quantitative estimate of drug-likeness (QED) is 0.314. The van der Waals surface area contributed by atoms with Crippen LogP contribution in [0.3, 0.4) is 0 Å². The SMILES string of the molecule is CCC(C)NC(=O)C(CC)N(Cc1c(Cl)cccc1Cl)C(=O)CCCN(c1ccc(Cl)cc1)S(C)(=O)=O. The molecule has 0 aliphatic rings. The molecule has 0 saturated carbocycles. The van der Waals surface area contributed by atoms with E-state index in [1.165, 1.54) is 9.21 Å². The Balaban J connectivity index is 2.27. The van der Waals surface area contributed by atoms with Crippen molar-refractivity contribution in [3.63, 3.8) is 0 Å². The fourth-order valence-corrected chi connectivity index (χ4v) is 5.43. The van der Waals surface area contributed by atoms with Crippen LogP contribution in [0.25, 0.3) is 0 Å². The van der Waals surface area contributed by atoms with E-state index in [0.29, 0.717) is 32.7 Å². The van der Waals surface area contributed by atoms with Crippen LogP contribution in [-0.4, -0.2) is 50.0 Å². The molecule has 2 amide bonds. The van der Waals surface area contributed by atoms with Gasteiger partial charge in [-0.3, -0.25) is 13.9 Å². The summed E-state index contributed by atoms with van der Waals surface area (Å²) in [6.07, 6.45) is 2.51. The van der Waals surface area contributed by atoms with Crippen molar-refractivity contribution in [3.05, 3.63) is 63.1 Å². The summed E-state index contributed by atoms with van der Waals surface area (Å²) in [5.74, 6) is -0.556. The molecule has 0 heterocycles. The number of nitrogens with zero attached hydrogens (tertiary/aromatic N) is 2. The molecule has 2 aromatic rings. The summed E-state index contributed by atoms with van der Waals surface area (Å²) < 4.78 is 26.1. The van der Waals surface area contributed by atoms with Crippen molar-refractivity contribution in [2.75, 3.05) is 17.1 Å². The molecule has 2 rings (SSSR count). The smallest absolute Gasteiger partial charge is 0.243 e. The van der Waals surface area contributed by atoms with E-state index >= 15 is 0 Å². The molecule has 0 aromatic heterocycles. The molecule has 37 heavy (non-hydrogen) atoms. The van der Waals surface area contributed by atoms with Gasteiger partial charge in [-0.15, -0.1) is 0 Å². The zero-order chi connectivity index (χ0) is 27.8. The molecule has 0 bridgehead atoms. The molecule has 0 fully saturated rings. The van der Waals surface area contributed by atoms with Gasteiger partial charge in [0.05, 0.1) is 11.9 Å². The number of sulfonamides is 1. The molecule has 0 saturated heterocycles. The average Bonchev–Trinajstić information content (AvgIpc) is 2.83. The fraction of sp³-hybridized carbons (Fsp3) is 0.462. The van der Waals surface area contributed by atoms with Gasteiger partial charge in [0.25, 0.3) is 0 Å².